The lowest BCUT2D eigenvalue weighted by Crippen LogP contribution is -2.05. The van der Waals surface area contributed by atoms with E-state index >= 15 is 0 Å². The van der Waals surface area contributed by atoms with E-state index in [0.29, 0.717) is 11.6 Å². The van der Waals surface area contributed by atoms with Gasteiger partial charge >= 0.3 is 0 Å². The Morgan fingerprint density at radius 3 is 2.64 bits per heavy atom. The molecule has 0 amide bonds. The molecule has 0 radical (unpaired) electrons. The van der Waals surface area contributed by atoms with Gasteiger partial charge in [0.2, 0.25) is 0 Å². The molecule has 0 unspecified atom stereocenters. The average Bonchev–Trinajstić information content (AvgIpc) is 2.67. The van der Waals surface area contributed by atoms with Crippen LogP contribution in [0.15, 0.2) is 30.6 Å². The lowest BCUT2D eigenvalue weighted by Gasteiger charge is -2.04. The van der Waals surface area contributed by atoms with Crippen LogP contribution in [0.2, 0.25) is 5.02 Å². The van der Waals surface area contributed by atoms with Crippen LogP contribution < -0.4 is 5.73 Å². The lowest BCUT2D eigenvalue weighted by molar-refractivity contribution is 0.860. The Balaban J connectivity index is 2.44. The highest BCUT2D eigenvalue weighted by atomic mass is 35.5. The van der Waals surface area contributed by atoms with Gasteiger partial charge < -0.3 is 5.73 Å². The van der Waals surface area contributed by atoms with E-state index in [2.05, 4.69) is 10.2 Å². The highest BCUT2D eigenvalue weighted by molar-refractivity contribution is 6.30. The maximum Gasteiger partial charge on any atom is 0.151 e. The van der Waals surface area contributed by atoms with Crippen LogP contribution in [-0.2, 0) is 6.54 Å². The minimum Gasteiger partial charge on any atom is -0.324 e. The number of rotatable bonds is 2. The van der Waals surface area contributed by atoms with Crippen LogP contribution in [0.3, 0.4) is 0 Å². The first-order chi connectivity index (χ1) is 6.81. The summed E-state index contributed by atoms with van der Waals surface area (Å²) in [6.07, 6.45) is 1.63. The predicted octanol–water partition coefficient (Wildman–Crippen LogP) is 1.38. The predicted molar refractivity (Wildman–Crippen MR) is 54.3 cm³/mol. The monoisotopic (exact) mass is 208 g/mol. The Kier molecular flexibility index (Phi) is 2.47. The first-order valence-corrected chi connectivity index (χ1v) is 4.54. The molecule has 1 aromatic heterocycles. The summed E-state index contributed by atoms with van der Waals surface area (Å²) in [5, 5.41) is 8.38. The summed E-state index contributed by atoms with van der Waals surface area (Å²) in [6, 6.07) is 7.42. The molecule has 2 aromatic rings. The van der Waals surface area contributed by atoms with Gasteiger partial charge in [0, 0.05) is 10.7 Å². The third-order valence-corrected chi connectivity index (χ3v) is 2.16. The SMILES string of the molecule is NCc1nncn1-c1ccc(Cl)cc1. The van der Waals surface area contributed by atoms with Crippen molar-refractivity contribution >= 4 is 11.6 Å². The van der Waals surface area contributed by atoms with Crippen LogP contribution in [0.5, 0.6) is 0 Å². The third kappa shape index (κ3) is 1.62. The number of nitrogens with two attached hydrogens (primary N) is 1. The van der Waals surface area contributed by atoms with Gasteiger partial charge in [-0.3, -0.25) is 4.57 Å². The Morgan fingerprint density at radius 2 is 2.00 bits per heavy atom. The number of nitrogens with zero attached hydrogens (tertiary/aromatic N) is 3. The molecule has 1 heterocycles. The van der Waals surface area contributed by atoms with Crippen LogP contribution in [0.25, 0.3) is 5.69 Å². The molecule has 0 spiro atoms. The molecular formula is C9H9ClN4. The fourth-order valence-corrected chi connectivity index (χ4v) is 1.34. The summed E-state index contributed by atoms with van der Waals surface area (Å²) >= 11 is 5.78. The van der Waals surface area contributed by atoms with Gasteiger partial charge in [-0.2, -0.15) is 0 Å². The Bertz CT molecular complexity index is 421. The van der Waals surface area contributed by atoms with Crippen molar-refractivity contribution in [3.63, 3.8) is 0 Å². The molecule has 72 valence electrons. The van der Waals surface area contributed by atoms with Gasteiger partial charge in [-0.1, -0.05) is 11.6 Å². The standard InChI is InChI=1S/C9H9ClN4/c10-7-1-3-8(4-2-7)14-6-12-13-9(14)5-11/h1-4,6H,5,11H2. The first-order valence-electron chi connectivity index (χ1n) is 4.16. The van der Waals surface area contributed by atoms with E-state index in [-0.39, 0.29) is 0 Å². The minimum atomic E-state index is 0.364. The Hall–Kier alpha value is -1.39. The summed E-state index contributed by atoms with van der Waals surface area (Å²) in [5.74, 6) is 0.729. The summed E-state index contributed by atoms with van der Waals surface area (Å²) in [4.78, 5) is 0. The maximum absolute atomic E-state index is 5.78. The van der Waals surface area contributed by atoms with Gasteiger partial charge in [-0.15, -0.1) is 10.2 Å². The topological polar surface area (TPSA) is 56.7 Å². The Morgan fingerprint density at radius 1 is 1.29 bits per heavy atom. The number of benzene rings is 1. The zero-order valence-corrected chi connectivity index (χ0v) is 8.15. The summed E-state index contributed by atoms with van der Waals surface area (Å²) in [7, 11) is 0. The number of halogens is 1. The molecule has 2 N–H and O–H groups in total. The van der Waals surface area contributed by atoms with Crippen LogP contribution in [0.4, 0.5) is 0 Å². The molecule has 0 aliphatic carbocycles. The van der Waals surface area contributed by atoms with Gasteiger partial charge in [0.15, 0.2) is 5.82 Å². The smallest absolute Gasteiger partial charge is 0.151 e. The van der Waals surface area contributed by atoms with Crippen molar-refractivity contribution in [2.24, 2.45) is 5.73 Å². The van der Waals surface area contributed by atoms with Crippen molar-refractivity contribution < 1.29 is 0 Å². The molecule has 2 rings (SSSR count). The second kappa shape index (κ2) is 3.77. The highest BCUT2D eigenvalue weighted by Crippen LogP contribution is 2.13. The fourth-order valence-electron chi connectivity index (χ4n) is 1.22. The molecule has 0 bridgehead atoms. The molecule has 1 aromatic carbocycles. The van der Waals surface area contributed by atoms with E-state index in [1.807, 2.05) is 28.8 Å². The summed E-state index contributed by atoms with van der Waals surface area (Å²) in [6.45, 7) is 0.364. The molecule has 14 heavy (non-hydrogen) atoms. The largest absolute Gasteiger partial charge is 0.324 e. The minimum absolute atomic E-state index is 0.364. The quantitative estimate of drug-likeness (QED) is 0.811. The second-order valence-corrected chi connectivity index (χ2v) is 3.23. The molecule has 0 fully saturated rings. The van der Waals surface area contributed by atoms with E-state index in [0.717, 1.165) is 11.5 Å². The first kappa shape index (κ1) is 9.18. The molecule has 5 heteroatoms. The van der Waals surface area contributed by atoms with Crippen molar-refractivity contribution in [3.05, 3.63) is 41.4 Å². The number of hydrogen-bond donors (Lipinski definition) is 1. The van der Waals surface area contributed by atoms with Crippen molar-refractivity contribution in [3.8, 4) is 5.69 Å². The van der Waals surface area contributed by atoms with Crippen LogP contribution in [0.1, 0.15) is 5.82 Å². The molecule has 0 saturated heterocycles. The van der Waals surface area contributed by atoms with E-state index in [4.69, 9.17) is 17.3 Å². The normalized spacial score (nSPS) is 10.4. The second-order valence-electron chi connectivity index (χ2n) is 2.80. The highest BCUT2D eigenvalue weighted by Gasteiger charge is 2.03. The fraction of sp³-hybridized carbons (Fsp3) is 0.111. The summed E-state index contributed by atoms with van der Waals surface area (Å²) < 4.78 is 1.83. The van der Waals surface area contributed by atoms with Crippen LogP contribution in [-0.4, -0.2) is 14.8 Å². The van der Waals surface area contributed by atoms with E-state index in [9.17, 15) is 0 Å². The average molecular weight is 209 g/mol. The molecule has 0 aliphatic rings. The number of aromatic nitrogens is 3. The molecular weight excluding hydrogens is 200 g/mol. The van der Waals surface area contributed by atoms with Crippen molar-refractivity contribution in [1.29, 1.82) is 0 Å². The molecule has 4 nitrogen and oxygen atoms in total. The van der Waals surface area contributed by atoms with Crippen molar-refractivity contribution in [2.45, 2.75) is 6.54 Å². The summed E-state index contributed by atoms with van der Waals surface area (Å²) in [5.41, 5.74) is 6.47. The van der Waals surface area contributed by atoms with Crippen molar-refractivity contribution in [2.75, 3.05) is 0 Å². The van der Waals surface area contributed by atoms with Crippen molar-refractivity contribution in [1.82, 2.24) is 14.8 Å². The van der Waals surface area contributed by atoms with E-state index in [1.165, 1.54) is 0 Å². The van der Waals surface area contributed by atoms with Gasteiger partial charge in [0.05, 0.1) is 6.54 Å². The molecule has 0 aliphatic heterocycles. The van der Waals surface area contributed by atoms with Crippen LogP contribution >= 0.6 is 11.6 Å². The third-order valence-electron chi connectivity index (χ3n) is 1.91. The lowest BCUT2D eigenvalue weighted by atomic mass is 10.3. The van der Waals surface area contributed by atoms with E-state index < -0.39 is 0 Å². The van der Waals surface area contributed by atoms with E-state index in [1.54, 1.807) is 6.33 Å². The number of hydrogen-bond acceptors (Lipinski definition) is 3. The zero-order chi connectivity index (χ0) is 9.97. The maximum atomic E-state index is 5.78. The van der Waals surface area contributed by atoms with Gasteiger partial charge in [-0.25, -0.2) is 0 Å². The van der Waals surface area contributed by atoms with Gasteiger partial charge in [0.1, 0.15) is 6.33 Å². The van der Waals surface area contributed by atoms with Gasteiger partial charge in [0.25, 0.3) is 0 Å². The van der Waals surface area contributed by atoms with Gasteiger partial charge in [-0.05, 0) is 24.3 Å². The zero-order valence-electron chi connectivity index (χ0n) is 7.39. The molecule has 0 saturated carbocycles. The van der Waals surface area contributed by atoms with Crippen LogP contribution in [0, 0.1) is 0 Å². The Labute approximate surface area is 86.3 Å². The molecule has 0 atom stereocenters.